The number of halogens is 6. The van der Waals surface area contributed by atoms with E-state index in [0.29, 0.717) is 41.8 Å². The zero-order chi connectivity index (χ0) is 48.0. The molecule has 0 spiro atoms. The summed E-state index contributed by atoms with van der Waals surface area (Å²) in [6, 6.07) is 28.2. The van der Waals surface area contributed by atoms with E-state index in [1.165, 1.54) is 0 Å². The molecule has 12 heteroatoms. The second kappa shape index (κ2) is 16.0. The van der Waals surface area contributed by atoms with E-state index >= 15 is 26.3 Å². The summed E-state index contributed by atoms with van der Waals surface area (Å²) in [6.45, 7) is 9.74. The molecule has 6 nitrogen and oxygen atoms in total. The number of hydrogen-bond donors (Lipinski definition) is 0. The van der Waals surface area contributed by atoms with Crippen LogP contribution in [0.1, 0.15) is 125 Å². The van der Waals surface area contributed by atoms with Crippen LogP contribution in [0.3, 0.4) is 0 Å². The van der Waals surface area contributed by atoms with Gasteiger partial charge in [-0.1, -0.05) is 105 Å². The lowest BCUT2D eigenvalue weighted by Crippen LogP contribution is -2.55. The van der Waals surface area contributed by atoms with Gasteiger partial charge in [0.15, 0.2) is 11.6 Å². The Kier molecular flexibility index (Phi) is 11.1. The van der Waals surface area contributed by atoms with Crippen LogP contribution in [0.2, 0.25) is 0 Å². The van der Waals surface area contributed by atoms with Crippen molar-refractivity contribution in [3.05, 3.63) is 187 Å². The molecule has 0 radical (unpaired) electrons. The molecular formula is C54H46F6N2O4. The maximum Gasteiger partial charge on any atom is 0.411 e. The van der Waals surface area contributed by atoms with Crippen molar-refractivity contribution >= 4 is 34.8 Å². The highest BCUT2D eigenvalue weighted by atomic mass is 19.4. The summed E-state index contributed by atoms with van der Waals surface area (Å²) < 4.78 is 92.7. The van der Waals surface area contributed by atoms with E-state index in [9.17, 15) is 19.2 Å². The van der Waals surface area contributed by atoms with Crippen molar-refractivity contribution in [1.29, 1.82) is 0 Å². The number of alkyl halides is 6. The molecule has 0 fully saturated rings. The van der Waals surface area contributed by atoms with E-state index in [2.05, 4.69) is 55.1 Å². The molecule has 1 aliphatic carbocycles. The number of fused-ring (bicyclic) bond motifs is 4. The van der Waals surface area contributed by atoms with E-state index in [1.54, 1.807) is 6.92 Å². The van der Waals surface area contributed by atoms with Crippen LogP contribution in [0.5, 0.6) is 0 Å². The van der Waals surface area contributed by atoms with E-state index in [4.69, 9.17) is 0 Å². The van der Waals surface area contributed by atoms with Gasteiger partial charge in [0.05, 0.1) is 22.2 Å². The number of imide groups is 1. The first-order chi connectivity index (χ1) is 31.1. The normalized spacial score (nSPS) is 14.3. The molecule has 66 heavy (non-hydrogen) atoms. The Morgan fingerprint density at radius 3 is 1.58 bits per heavy atom. The number of ketones is 2. The van der Waals surface area contributed by atoms with Gasteiger partial charge in [0, 0.05) is 30.9 Å². The summed E-state index contributed by atoms with van der Waals surface area (Å²) in [6.07, 6.45) is -11.1. The van der Waals surface area contributed by atoms with Crippen molar-refractivity contribution in [3.8, 4) is 11.1 Å². The quantitative estimate of drug-likeness (QED) is 0.0777. The summed E-state index contributed by atoms with van der Waals surface area (Å²) in [7, 11) is 4.02. The van der Waals surface area contributed by atoms with Crippen LogP contribution in [0, 0.1) is 13.8 Å². The molecule has 0 saturated heterocycles. The van der Waals surface area contributed by atoms with Crippen LogP contribution in [-0.4, -0.2) is 49.8 Å². The Balaban J connectivity index is 1.33. The number of rotatable bonds is 10. The number of carbonyl (C=O) groups excluding carboxylic acids is 4. The third kappa shape index (κ3) is 6.46. The smallest absolute Gasteiger partial charge is 0.377 e. The second-order valence-corrected chi connectivity index (χ2v) is 17.4. The molecule has 8 rings (SSSR count). The van der Waals surface area contributed by atoms with Gasteiger partial charge in [-0.05, 0) is 125 Å². The molecular weight excluding hydrogens is 855 g/mol. The first-order valence-corrected chi connectivity index (χ1v) is 21.6. The predicted octanol–water partition coefficient (Wildman–Crippen LogP) is 12.5. The van der Waals surface area contributed by atoms with Crippen molar-refractivity contribution in [1.82, 2.24) is 0 Å². The summed E-state index contributed by atoms with van der Waals surface area (Å²) in [4.78, 5) is 56.8. The molecule has 6 aromatic carbocycles. The maximum atomic E-state index is 15.4. The summed E-state index contributed by atoms with van der Waals surface area (Å²) in [5.74, 6) is -3.66. The van der Waals surface area contributed by atoms with Gasteiger partial charge < -0.3 is 4.90 Å². The number of carbonyl (C=O) groups is 4. The monoisotopic (exact) mass is 900 g/mol. The van der Waals surface area contributed by atoms with Gasteiger partial charge in [0.25, 0.3) is 11.8 Å². The minimum atomic E-state index is -6.09. The summed E-state index contributed by atoms with van der Waals surface area (Å²) in [5, 5.41) is 0. The maximum absolute atomic E-state index is 15.4. The molecule has 2 aliphatic rings. The Morgan fingerprint density at radius 1 is 0.576 bits per heavy atom. The number of Topliss-reactive ketones (excluding diaryl/α,β-unsaturated/α-hetero) is 2. The van der Waals surface area contributed by atoms with E-state index in [-0.39, 0.29) is 16.8 Å². The molecule has 2 amide bonds. The van der Waals surface area contributed by atoms with Crippen molar-refractivity contribution in [2.24, 2.45) is 0 Å². The molecule has 0 aromatic heterocycles. The zero-order valence-electron chi connectivity index (χ0n) is 37.6. The average Bonchev–Trinajstić information content (AvgIpc) is 3.69. The standard InChI is InChI=1S/C54H46F6N2O4/c1-9-33-25-37(23-29(3)47(33)61(7)8)51(45-17-13-11-15-40(45)41-16-12-14-18-46(41)51)38-24-30(4)48(34(10-2)26-38)62-49(65)42-22-20-36(28-44(42)50(62)66)52(53(55,56)57,54(58,59)60)35-19-21-39(31(5)63)43(27-35)32(6)64/h11-28H,9-10H2,1-8H3. The Morgan fingerprint density at radius 2 is 1.06 bits per heavy atom. The van der Waals surface area contributed by atoms with Crippen LogP contribution in [-0.2, 0) is 23.7 Å². The van der Waals surface area contributed by atoms with Crippen molar-refractivity contribution < 1.29 is 45.5 Å². The van der Waals surface area contributed by atoms with E-state index < -0.39 is 68.8 Å². The van der Waals surface area contributed by atoms with Gasteiger partial charge >= 0.3 is 12.4 Å². The first-order valence-electron chi connectivity index (χ1n) is 21.6. The molecule has 338 valence electrons. The van der Waals surface area contributed by atoms with Gasteiger partial charge in [-0.2, -0.15) is 26.3 Å². The Labute approximate surface area is 378 Å². The fourth-order valence-electron chi connectivity index (χ4n) is 10.7. The zero-order valence-corrected chi connectivity index (χ0v) is 37.6. The number of nitrogens with zero attached hydrogens (tertiary/aromatic N) is 2. The largest absolute Gasteiger partial charge is 0.411 e. The van der Waals surface area contributed by atoms with Gasteiger partial charge in [-0.15, -0.1) is 0 Å². The lowest BCUT2D eigenvalue weighted by atomic mass is 9.66. The third-order valence-electron chi connectivity index (χ3n) is 13.4. The molecule has 6 aromatic rings. The van der Waals surface area contributed by atoms with Crippen molar-refractivity contribution in [2.45, 2.75) is 77.6 Å². The van der Waals surface area contributed by atoms with E-state index in [1.807, 2.05) is 57.4 Å². The van der Waals surface area contributed by atoms with Crippen LogP contribution in [0.25, 0.3) is 11.1 Å². The van der Waals surface area contributed by atoms with Crippen molar-refractivity contribution in [2.75, 3.05) is 23.9 Å². The highest BCUT2D eigenvalue weighted by Crippen LogP contribution is 2.59. The third-order valence-corrected chi connectivity index (χ3v) is 13.4. The average molecular weight is 901 g/mol. The van der Waals surface area contributed by atoms with Gasteiger partial charge in [0.2, 0.25) is 5.41 Å². The topological polar surface area (TPSA) is 74.8 Å². The molecule has 1 aliphatic heterocycles. The molecule has 0 N–H and O–H groups in total. The fourth-order valence-corrected chi connectivity index (χ4v) is 10.7. The fraction of sp³-hybridized carbons (Fsp3) is 0.259. The Hall–Kier alpha value is -6.82. The van der Waals surface area contributed by atoms with Crippen LogP contribution in [0.4, 0.5) is 37.7 Å². The molecule has 0 bridgehead atoms. The first kappa shape index (κ1) is 45.7. The minimum Gasteiger partial charge on any atom is -0.377 e. The minimum absolute atomic E-state index is 0.181. The lowest BCUT2D eigenvalue weighted by Gasteiger charge is -2.38. The number of amides is 2. The van der Waals surface area contributed by atoms with Gasteiger partial charge in [-0.25, -0.2) is 4.90 Å². The highest BCUT2D eigenvalue weighted by Gasteiger charge is 2.73. The predicted molar refractivity (Wildman–Crippen MR) is 243 cm³/mol. The molecule has 0 atom stereocenters. The van der Waals surface area contributed by atoms with Gasteiger partial charge in [0.1, 0.15) is 0 Å². The summed E-state index contributed by atoms with van der Waals surface area (Å²) in [5.41, 5.74) is 0.0878. The summed E-state index contributed by atoms with van der Waals surface area (Å²) >= 11 is 0. The molecule has 0 unspecified atom stereocenters. The number of hydrogen-bond acceptors (Lipinski definition) is 5. The molecule has 1 heterocycles. The SMILES string of the molecule is CCc1cc(C2(c3cc(C)c(N4C(=O)c5ccc(C(c6ccc(C(C)=O)c(C(C)=O)c6)(C(F)(F)F)C(F)(F)F)cc5C4=O)c(CC)c3)c3ccccc3-c3ccccc32)cc(C)c1N(C)C. The molecule has 0 saturated carbocycles. The van der Waals surface area contributed by atoms with Crippen LogP contribution < -0.4 is 9.80 Å². The van der Waals surface area contributed by atoms with Crippen LogP contribution in [0.15, 0.2) is 109 Å². The highest BCUT2D eigenvalue weighted by molar-refractivity contribution is 6.35. The van der Waals surface area contributed by atoms with Crippen LogP contribution >= 0.6 is 0 Å². The lowest BCUT2D eigenvalue weighted by molar-refractivity contribution is -0.288. The van der Waals surface area contributed by atoms with Crippen molar-refractivity contribution in [3.63, 3.8) is 0 Å². The second-order valence-electron chi connectivity index (χ2n) is 17.4. The Bertz CT molecular complexity index is 2990. The number of anilines is 2. The number of benzene rings is 6. The van der Waals surface area contributed by atoms with E-state index in [0.717, 1.165) is 87.5 Å². The number of aryl methyl sites for hydroxylation is 4. The van der Waals surface area contributed by atoms with Gasteiger partial charge in [-0.3, -0.25) is 19.2 Å².